The first kappa shape index (κ1) is 15.7. The van der Waals surface area contributed by atoms with Crippen LogP contribution in [0.3, 0.4) is 0 Å². The van der Waals surface area contributed by atoms with Gasteiger partial charge in [0.2, 0.25) is 0 Å². The molecule has 0 spiro atoms. The second-order valence-corrected chi connectivity index (χ2v) is 5.48. The van der Waals surface area contributed by atoms with Gasteiger partial charge in [-0.25, -0.2) is 4.98 Å². The average Bonchev–Trinajstić information content (AvgIpc) is 2.47. The number of carbonyl (C=O) groups is 1. The fourth-order valence-corrected chi connectivity index (χ4v) is 2.60. The molecule has 4 nitrogen and oxygen atoms in total. The highest BCUT2D eigenvalue weighted by molar-refractivity contribution is 7.98. The molecule has 0 aliphatic rings. The molecule has 1 aromatic heterocycles. The molecular formula is C15H16ClN3OS. The van der Waals surface area contributed by atoms with Crippen LogP contribution in [0.4, 0.5) is 11.5 Å². The second-order valence-electron chi connectivity index (χ2n) is 4.25. The summed E-state index contributed by atoms with van der Waals surface area (Å²) in [6.07, 6.45) is 1.97. The maximum absolute atomic E-state index is 12.4. The van der Waals surface area contributed by atoms with Gasteiger partial charge < -0.3 is 10.6 Å². The molecule has 0 bridgehead atoms. The Balaban J connectivity index is 2.24. The molecule has 0 fully saturated rings. The van der Waals surface area contributed by atoms with E-state index in [0.717, 1.165) is 10.6 Å². The SMILES string of the molecule is CCNc1cc(C(=O)Nc2ccccc2SC)cc(Cl)n1. The summed E-state index contributed by atoms with van der Waals surface area (Å²) in [7, 11) is 0. The number of hydrogen-bond acceptors (Lipinski definition) is 4. The number of nitrogens with zero attached hydrogens (tertiary/aromatic N) is 1. The molecule has 0 atom stereocenters. The van der Waals surface area contributed by atoms with E-state index in [1.165, 1.54) is 0 Å². The zero-order chi connectivity index (χ0) is 15.2. The molecule has 0 aliphatic heterocycles. The molecule has 2 N–H and O–H groups in total. The minimum Gasteiger partial charge on any atom is -0.370 e. The number of aromatic nitrogens is 1. The predicted molar refractivity (Wildman–Crippen MR) is 89.6 cm³/mol. The summed E-state index contributed by atoms with van der Waals surface area (Å²) < 4.78 is 0. The Morgan fingerprint density at radius 1 is 1.33 bits per heavy atom. The van der Waals surface area contributed by atoms with Crippen molar-refractivity contribution in [1.29, 1.82) is 0 Å². The Morgan fingerprint density at radius 2 is 2.10 bits per heavy atom. The van der Waals surface area contributed by atoms with E-state index < -0.39 is 0 Å². The van der Waals surface area contributed by atoms with Gasteiger partial charge in [0.1, 0.15) is 11.0 Å². The van der Waals surface area contributed by atoms with Crippen LogP contribution in [0.2, 0.25) is 5.15 Å². The zero-order valence-electron chi connectivity index (χ0n) is 11.8. The molecule has 2 rings (SSSR count). The third-order valence-corrected chi connectivity index (χ3v) is 3.76. The van der Waals surface area contributed by atoms with E-state index in [2.05, 4.69) is 15.6 Å². The van der Waals surface area contributed by atoms with Crippen LogP contribution >= 0.6 is 23.4 Å². The molecular weight excluding hydrogens is 306 g/mol. The van der Waals surface area contributed by atoms with Crippen LogP contribution in [0.5, 0.6) is 0 Å². The van der Waals surface area contributed by atoms with Crippen LogP contribution in [0, 0.1) is 0 Å². The first-order chi connectivity index (χ1) is 10.1. The Labute approximate surface area is 133 Å². The molecule has 1 heterocycles. The minimum atomic E-state index is -0.208. The van der Waals surface area contributed by atoms with E-state index in [4.69, 9.17) is 11.6 Å². The van der Waals surface area contributed by atoms with Crippen molar-refractivity contribution >= 4 is 40.8 Å². The van der Waals surface area contributed by atoms with E-state index in [-0.39, 0.29) is 11.1 Å². The number of benzene rings is 1. The van der Waals surface area contributed by atoms with Gasteiger partial charge in [-0.1, -0.05) is 23.7 Å². The Morgan fingerprint density at radius 3 is 2.81 bits per heavy atom. The van der Waals surface area contributed by atoms with Crippen molar-refractivity contribution in [2.75, 3.05) is 23.4 Å². The van der Waals surface area contributed by atoms with Gasteiger partial charge in [-0.05, 0) is 37.4 Å². The minimum absolute atomic E-state index is 0.208. The van der Waals surface area contributed by atoms with E-state index >= 15 is 0 Å². The highest BCUT2D eigenvalue weighted by atomic mass is 35.5. The van der Waals surface area contributed by atoms with Crippen LogP contribution < -0.4 is 10.6 Å². The van der Waals surface area contributed by atoms with Crippen LogP contribution in [0.1, 0.15) is 17.3 Å². The van der Waals surface area contributed by atoms with Crippen molar-refractivity contribution in [3.05, 3.63) is 47.1 Å². The molecule has 6 heteroatoms. The molecule has 0 saturated heterocycles. The first-order valence-corrected chi connectivity index (χ1v) is 8.10. The lowest BCUT2D eigenvalue weighted by molar-refractivity contribution is 0.102. The van der Waals surface area contributed by atoms with Crippen molar-refractivity contribution in [2.24, 2.45) is 0 Å². The number of amides is 1. The number of para-hydroxylation sites is 1. The van der Waals surface area contributed by atoms with Crippen LogP contribution in [-0.2, 0) is 0 Å². The molecule has 21 heavy (non-hydrogen) atoms. The Bertz CT molecular complexity index is 649. The third kappa shape index (κ3) is 4.12. The largest absolute Gasteiger partial charge is 0.370 e. The average molecular weight is 322 g/mol. The van der Waals surface area contributed by atoms with Gasteiger partial charge in [-0.15, -0.1) is 11.8 Å². The number of anilines is 2. The van der Waals surface area contributed by atoms with Crippen molar-refractivity contribution < 1.29 is 4.79 Å². The summed E-state index contributed by atoms with van der Waals surface area (Å²) in [4.78, 5) is 17.5. The van der Waals surface area contributed by atoms with Crippen molar-refractivity contribution in [1.82, 2.24) is 4.98 Å². The lowest BCUT2D eigenvalue weighted by Crippen LogP contribution is -2.13. The fourth-order valence-electron chi connectivity index (χ4n) is 1.84. The van der Waals surface area contributed by atoms with Gasteiger partial charge in [0.15, 0.2) is 0 Å². The third-order valence-electron chi connectivity index (χ3n) is 2.77. The summed E-state index contributed by atoms with van der Waals surface area (Å²) >= 11 is 7.54. The van der Waals surface area contributed by atoms with Crippen molar-refractivity contribution in [3.63, 3.8) is 0 Å². The van der Waals surface area contributed by atoms with Crippen molar-refractivity contribution in [3.8, 4) is 0 Å². The van der Waals surface area contributed by atoms with E-state index in [0.29, 0.717) is 17.9 Å². The standard InChI is InChI=1S/C15H16ClN3OS/c1-3-17-14-9-10(8-13(16)19-14)15(20)18-11-6-4-5-7-12(11)21-2/h4-9H,3H2,1-2H3,(H,17,19)(H,18,20). The monoisotopic (exact) mass is 321 g/mol. The van der Waals surface area contributed by atoms with Gasteiger partial charge in [0, 0.05) is 17.0 Å². The number of pyridine rings is 1. The lowest BCUT2D eigenvalue weighted by Gasteiger charge is -2.10. The van der Waals surface area contributed by atoms with Gasteiger partial charge in [0.05, 0.1) is 5.69 Å². The maximum Gasteiger partial charge on any atom is 0.255 e. The fraction of sp³-hybridized carbons (Fsp3) is 0.200. The Kier molecular flexibility index (Phi) is 5.47. The molecule has 2 aromatic rings. The maximum atomic E-state index is 12.4. The molecule has 1 aromatic carbocycles. The number of halogens is 1. The van der Waals surface area contributed by atoms with E-state index in [1.807, 2.05) is 37.4 Å². The summed E-state index contributed by atoms with van der Waals surface area (Å²) in [6.45, 7) is 2.67. The van der Waals surface area contributed by atoms with Crippen molar-refractivity contribution in [2.45, 2.75) is 11.8 Å². The number of rotatable bonds is 5. The Hall–Kier alpha value is -1.72. The van der Waals surface area contributed by atoms with E-state index in [1.54, 1.807) is 23.9 Å². The van der Waals surface area contributed by atoms with Crippen LogP contribution in [0.15, 0.2) is 41.3 Å². The lowest BCUT2D eigenvalue weighted by atomic mass is 10.2. The molecule has 110 valence electrons. The number of nitrogens with one attached hydrogen (secondary N) is 2. The van der Waals surface area contributed by atoms with Gasteiger partial charge in [0.25, 0.3) is 5.91 Å². The number of thioether (sulfide) groups is 1. The molecule has 0 aliphatic carbocycles. The number of hydrogen-bond donors (Lipinski definition) is 2. The van der Waals surface area contributed by atoms with Gasteiger partial charge >= 0.3 is 0 Å². The molecule has 0 saturated carbocycles. The van der Waals surface area contributed by atoms with Gasteiger partial charge in [-0.2, -0.15) is 0 Å². The summed E-state index contributed by atoms with van der Waals surface area (Å²) in [5.74, 6) is 0.383. The van der Waals surface area contributed by atoms with Gasteiger partial charge in [-0.3, -0.25) is 4.79 Å². The molecule has 0 unspecified atom stereocenters. The zero-order valence-corrected chi connectivity index (χ0v) is 13.4. The summed E-state index contributed by atoms with van der Waals surface area (Å²) in [5, 5.41) is 6.24. The normalized spacial score (nSPS) is 10.2. The number of carbonyl (C=O) groups excluding carboxylic acids is 1. The topological polar surface area (TPSA) is 54.0 Å². The summed E-state index contributed by atoms with van der Waals surface area (Å²) in [5.41, 5.74) is 1.26. The molecule has 0 radical (unpaired) electrons. The highest BCUT2D eigenvalue weighted by Gasteiger charge is 2.11. The van der Waals surface area contributed by atoms with Crippen LogP contribution in [0.25, 0.3) is 0 Å². The quantitative estimate of drug-likeness (QED) is 0.642. The second kappa shape index (κ2) is 7.33. The van der Waals surface area contributed by atoms with E-state index in [9.17, 15) is 4.79 Å². The predicted octanol–water partition coefficient (Wildman–Crippen LogP) is 4.14. The highest BCUT2D eigenvalue weighted by Crippen LogP contribution is 2.25. The van der Waals surface area contributed by atoms with Crippen LogP contribution in [-0.4, -0.2) is 23.7 Å². The first-order valence-electron chi connectivity index (χ1n) is 6.50. The molecule has 1 amide bonds. The summed E-state index contributed by atoms with van der Waals surface area (Å²) in [6, 6.07) is 10.9. The smallest absolute Gasteiger partial charge is 0.255 e.